The van der Waals surface area contributed by atoms with E-state index in [-0.39, 0.29) is 0 Å². The van der Waals surface area contributed by atoms with Crippen LogP contribution in [0.3, 0.4) is 0 Å². The molecule has 13 heavy (non-hydrogen) atoms. The van der Waals surface area contributed by atoms with Crippen molar-refractivity contribution in [1.29, 1.82) is 0 Å². The van der Waals surface area contributed by atoms with Gasteiger partial charge in [0.15, 0.2) is 0 Å². The van der Waals surface area contributed by atoms with Crippen LogP contribution in [0.4, 0.5) is 0 Å². The van der Waals surface area contributed by atoms with Crippen LogP contribution in [0.15, 0.2) is 6.07 Å². The lowest BCUT2D eigenvalue weighted by atomic mass is 10.2. The summed E-state index contributed by atoms with van der Waals surface area (Å²) in [6.45, 7) is 8.24. The van der Waals surface area contributed by atoms with Crippen LogP contribution in [-0.2, 0) is 11.2 Å². The normalized spacial score (nSPS) is 10.7. The van der Waals surface area contributed by atoms with E-state index in [0.717, 1.165) is 26.1 Å². The maximum absolute atomic E-state index is 5.46. The van der Waals surface area contributed by atoms with Gasteiger partial charge in [0.05, 0.1) is 6.61 Å². The first-order chi connectivity index (χ1) is 6.24. The highest BCUT2D eigenvalue weighted by Gasteiger charge is 2.01. The van der Waals surface area contributed by atoms with Gasteiger partial charge < -0.3 is 4.74 Å². The Morgan fingerprint density at radius 3 is 2.62 bits per heavy atom. The maximum Gasteiger partial charge on any atom is 0.0506 e. The van der Waals surface area contributed by atoms with Crippen molar-refractivity contribution in [3.05, 3.63) is 21.4 Å². The SMILES string of the molecule is CCCOCCc1cc(C)sc1C. The molecule has 1 heterocycles. The number of thiophene rings is 1. The molecule has 0 amide bonds. The van der Waals surface area contributed by atoms with E-state index in [1.54, 1.807) is 0 Å². The van der Waals surface area contributed by atoms with Crippen LogP contribution in [0.5, 0.6) is 0 Å². The quantitative estimate of drug-likeness (QED) is 0.659. The minimum atomic E-state index is 0.866. The molecule has 0 radical (unpaired) electrons. The Hall–Kier alpha value is -0.340. The predicted octanol–water partition coefficient (Wildman–Crippen LogP) is 3.33. The fourth-order valence-electron chi connectivity index (χ4n) is 1.36. The van der Waals surface area contributed by atoms with Crippen LogP contribution in [0.2, 0.25) is 0 Å². The van der Waals surface area contributed by atoms with Crippen molar-refractivity contribution in [2.75, 3.05) is 13.2 Å². The number of aryl methyl sites for hydroxylation is 2. The van der Waals surface area contributed by atoms with Crippen molar-refractivity contribution in [2.45, 2.75) is 33.6 Å². The highest BCUT2D eigenvalue weighted by Crippen LogP contribution is 2.20. The molecule has 0 aliphatic rings. The molecule has 0 aliphatic heterocycles. The molecule has 0 saturated heterocycles. The second-order valence-electron chi connectivity index (χ2n) is 3.30. The first-order valence-electron chi connectivity index (χ1n) is 4.87. The molecular weight excluding hydrogens is 180 g/mol. The van der Waals surface area contributed by atoms with Gasteiger partial charge >= 0.3 is 0 Å². The Labute approximate surface area is 84.7 Å². The Balaban J connectivity index is 2.32. The molecule has 0 saturated carbocycles. The second kappa shape index (κ2) is 5.40. The molecule has 2 heteroatoms. The molecule has 0 atom stereocenters. The zero-order valence-corrected chi connectivity index (χ0v) is 9.54. The van der Waals surface area contributed by atoms with E-state index >= 15 is 0 Å². The summed E-state index contributed by atoms with van der Waals surface area (Å²) in [6.07, 6.45) is 2.18. The van der Waals surface area contributed by atoms with Gasteiger partial charge in [-0.25, -0.2) is 0 Å². The standard InChI is InChI=1S/C11H18OS/c1-4-6-12-7-5-11-8-9(2)13-10(11)3/h8H,4-7H2,1-3H3. The van der Waals surface area contributed by atoms with Crippen LogP contribution in [0, 0.1) is 13.8 Å². The monoisotopic (exact) mass is 198 g/mol. The third-order valence-corrected chi connectivity index (χ3v) is 3.02. The van der Waals surface area contributed by atoms with Crippen molar-refractivity contribution < 1.29 is 4.74 Å². The summed E-state index contributed by atoms with van der Waals surface area (Å²) < 4.78 is 5.46. The number of hydrogen-bond donors (Lipinski definition) is 0. The van der Waals surface area contributed by atoms with E-state index in [1.807, 2.05) is 11.3 Å². The second-order valence-corrected chi connectivity index (χ2v) is 4.76. The molecule has 1 aromatic heterocycles. The van der Waals surface area contributed by atoms with Crippen molar-refractivity contribution in [3.63, 3.8) is 0 Å². The fraction of sp³-hybridized carbons (Fsp3) is 0.636. The summed E-state index contributed by atoms with van der Waals surface area (Å²) in [5, 5.41) is 0. The molecule has 74 valence electrons. The topological polar surface area (TPSA) is 9.23 Å². The largest absolute Gasteiger partial charge is 0.381 e. The minimum absolute atomic E-state index is 0.866. The van der Waals surface area contributed by atoms with Gasteiger partial charge in [0.2, 0.25) is 0 Å². The molecular formula is C11H18OS. The highest BCUT2D eigenvalue weighted by molar-refractivity contribution is 7.12. The first kappa shape index (κ1) is 10.7. The van der Waals surface area contributed by atoms with Gasteiger partial charge in [-0.1, -0.05) is 6.92 Å². The van der Waals surface area contributed by atoms with Gasteiger partial charge in [0, 0.05) is 16.4 Å². The van der Waals surface area contributed by atoms with Gasteiger partial charge in [0.1, 0.15) is 0 Å². The lowest BCUT2D eigenvalue weighted by molar-refractivity contribution is 0.138. The summed E-state index contributed by atoms with van der Waals surface area (Å²) in [6, 6.07) is 2.27. The van der Waals surface area contributed by atoms with Crippen LogP contribution in [-0.4, -0.2) is 13.2 Å². The molecule has 0 aromatic carbocycles. The van der Waals surface area contributed by atoms with Crippen LogP contribution < -0.4 is 0 Å². The van der Waals surface area contributed by atoms with Gasteiger partial charge in [-0.05, 0) is 38.3 Å². The Morgan fingerprint density at radius 1 is 1.31 bits per heavy atom. The van der Waals surface area contributed by atoms with Crippen molar-refractivity contribution in [2.24, 2.45) is 0 Å². The zero-order valence-electron chi connectivity index (χ0n) is 8.72. The molecule has 1 aromatic rings. The molecule has 0 spiro atoms. The van der Waals surface area contributed by atoms with E-state index < -0.39 is 0 Å². The third kappa shape index (κ3) is 3.49. The van der Waals surface area contributed by atoms with Gasteiger partial charge in [-0.2, -0.15) is 0 Å². The lowest BCUT2D eigenvalue weighted by Crippen LogP contribution is -1.99. The van der Waals surface area contributed by atoms with Crippen molar-refractivity contribution in [1.82, 2.24) is 0 Å². The van der Waals surface area contributed by atoms with Crippen LogP contribution >= 0.6 is 11.3 Å². The Bertz CT molecular complexity index is 253. The molecule has 1 rings (SSSR count). The number of rotatable bonds is 5. The Morgan fingerprint density at radius 2 is 2.08 bits per heavy atom. The summed E-state index contributed by atoms with van der Waals surface area (Å²) >= 11 is 1.88. The number of hydrogen-bond acceptors (Lipinski definition) is 2. The lowest BCUT2D eigenvalue weighted by Gasteiger charge is -2.01. The smallest absolute Gasteiger partial charge is 0.0506 e. The maximum atomic E-state index is 5.46. The predicted molar refractivity (Wildman–Crippen MR) is 58.6 cm³/mol. The van der Waals surface area contributed by atoms with Crippen LogP contribution in [0.1, 0.15) is 28.7 Å². The molecule has 0 unspecified atom stereocenters. The molecule has 0 N–H and O–H groups in total. The summed E-state index contributed by atoms with van der Waals surface area (Å²) in [5.41, 5.74) is 1.46. The Kier molecular flexibility index (Phi) is 4.46. The highest BCUT2D eigenvalue weighted by atomic mass is 32.1. The molecule has 0 bridgehead atoms. The summed E-state index contributed by atoms with van der Waals surface area (Å²) in [5.74, 6) is 0. The average Bonchev–Trinajstić information content (AvgIpc) is 2.39. The summed E-state index contributed by atoms with van der Waals surface area (Å²) in [4.78, 5) is 2.85. The number of ether oxygens (including phenoxy) is 1. The zero-order chi connectivity index (χ0) is 9.68. The van der Waals surface area contributed by atoms with Gasteiger partial charge in [-0.15, -0.1) is 11.3 Å². The first-order valence-corrected chi connectivity index (χ1v) is 5.69. The molecule has 1 nitrogen and oxygen atoms in total. The van der Waals surface area contributed by atoms with Gasteiger partial charge in [-0.3, -0.25) is 0 Å². The summed E-state index contributed by atoms with van der Waals surface area (Å²) in [7, 11) is 0. The minimum Gasteiger partial charge on any atom is -0.381 e. The van der Waals surface area contributed by atoms with E-state index in [0.29, 0.717) is 0 Å². The van der Waals surface area contributed by atoms with E-state index in [2.05, 4.69) is 26.8 Å². The van der Waals surface area contributed by atoms with Crippen molar-refractivity contribution >= 4 is 11.3 Å². The van der Waals surface area contributed by atoms with Gasteiger partial charge in [0.25, 0.3) is 0 Å². The molecule has 0 aliphatic carbocycles. The molecule has 0 fully saturated rings. The van der Waals surface area contributed by atoms with Crippen molar-refractivity contribution in [3.8, 4) is 0 Å². The fourth-order valence-corrected chi connectivity index (χ4v) is 2.34. The average molecular weight is 198 g/mol. The van der Waals surface area contributed by atoms with E-state index in [4.69, 9.17) is 4.74 Å². The van der Waals surface area contributed by atoms with E-state index in [9.17, 15) is 0 Å². The van der Waals surface area contributed by atoms with Crippen LogP contribution in [0.25, 0.3) is 0 Å². The third-order valence-electron chi connectivity index (χ3n) is 2.01. The van der Waals surface area contributed by atoms with E-state index in [1.165, 1.54) is 15.3 Å².